The SMILES string of the molecule is CC[NH+](CC)CCSCCOC(=O)c1oc2ccccc2c1C. The van der Waals surface area contributed by atoms with E-state index < -0.39 is 0 Å². The third kappa shape index (κ3) is 4.75. The van der Waals surface area contributed by atoms with Crippen LogP contribution >= 0.6 is 11.8 Å². The van der Waals surface area contributed by atoms with E-state index in [1.54, 1.807) is 4.90 Å². The van der Waals surface area contributed by atoms with Crippen molar-refractivity contribution < 1.29 is 18.8 Å². The molecule has 0 spiro atoms. The van der Waals surface area contributed by atoms with E-state index in [2.05, 4.69) is 13.8 Å². The Labute approximate surface area is 142 Å². The first kappa shape index (κ1) is 17.9. The number of hydrogen-bond donors (Lipinski definition) is 1. The highest BCUT2D eigenvalue weighted by molar-refractivity contribution is 7.99. The average molecular weight is 336 g/mol. The van der Waals surface area contributed by atoms with Gasteiger partial charge in [-0.1, -0.05) is 18.2 Å². The molecule has 2 rings (SSSR count). The number of thioether (sulfide) groups is 1. The smallest absolute Gasteiger partial charge is 0.374 e. The van der Waals surface area contributed by atoms with E-state index in [1.165, 1.54) is 0 Å². The van der Waals surface area contributed by atoms with E-state index in [0.29, 0.717) is 12.4 Å². The molecule has 5 heteroatoms. The van der Waals surface area contributed by atoms with Crippen molar-refractivity contribution in [1.82, 2.24) is 0 Å². The average Bonchev–Trinajstić information content (AvgIpc) is 2.91. The van der Waals surface area contributed by atoms with Crippen LogP contribution in [0.25, 0.3) is 11.0 Å². The highest BCUT2D eigenvalue weighted by Gasteiger charge is 2.18. The van der Waals surface area contributed by atoms with Crippen LogP contribution < -0.4 is 4.90 Å². The molecule has 0 unspecified atom stereocenters. The zero-order valence-corrected chi connectivity index (χ0v) is 15.0. The number of aryl methyl sites for hydroxylation is 1. The second-order valence-corrected chi connectivity index (χ2v) is 6.73. The summed E-state index contributed by atoms with van der Waals surface area (Å²) < 4.78 is 11.0. The van der Waals surface area contributed by atoms with Crippen LogP contribution in [0.4, 0.5) is 0 Å². The molecule has 126 valence electrons. The zero-order chi connectivity index (χ0) is 16.7. The molecule has 0 aliphatic heterocycles. The molecule has 0 aliphatic rings. The summed E-state index contributed by atoms with van der Waals surface area (Å²) in [5, 5.41) is 0.969. The van der Waals surface area contributed by atoms with Gasteiger partial charge in [0.1, 0.15) is 12.2 Å². The van der Waals surface area contributed by atoms with Crippen molar-refractivity contribution in [1.29, 1.82) is 0 Å². The second-order valence-electron chi connectivity index (χ2n) is 5.51. The van der Waals surface area contributed by atoms with Crippen LogP contribution in [0.1, 0.15) is 30.0 Å². The minimum absolute atomic E-state index is 0.323. The molecule has 1 aromatic carbocycles. The van der Waals surface area contributed by atoms with Gasteiger partial charge in [0.15, 0.2) is 0 Å². The summed E-state index contributed by atoms with van der Waals surface area (Å²) >= 11 is 1.83. The Morgan fingerprint density at radius 1 is 1.22 bits per heavy atom. The first-order valence-electron chi connectivity index (χ1n) is 8.23. The van der Waals surface area contributed by atoms with Gasteiger partial charge in [-0.3, -0.25) is 0 Å². The lowest BCUT2D eigenvalue weighted by Gasteiger charge is -2.14. The van der Waals surface area contributed by atoms with Crippen molar-refractivity contribution in [2.24, 2.45) is 0 Å². The summed E-state index contributed by atoms with van der Waals surface area (Å²) in [6, 6.07) is 7.66. The van der Waals surface area contributed by atoms with Crippen molar-refractivity contribution in [3.8, 4) is 0 Å². The van der Waals surface area contributed by atoms with E-state index in [1.807, 2.05) is 43.0 Å². The van der Waals surface area contributed by atoms with E-state index >= 15 is 0 Å². The molecular weight excluding hydrogens is 310 g/mol. The molecule has 1 heterocycles. The third-order valence-electron chi connectivity index (χ3n) is 4.09. The number of furan rings is 1. The van der Waals surface area contributed by atoms with E-state index in [4.69, 9.17) is 9.15 Å². The minimum Gasteiger partial charge on any atom is -0.459 e. The Morgan fingerprint density at radius 3 is 2.65 bits per heavy atom. The Hall–Kier alpha value is -1.46. The lowest BCUT2D eigenvalue weighted by Crippen LogP contribution is -3.11. The van der Waals surface area contributed by atoms with Crippen molar-refractivity contribution in [3.63, 3.8) is 0 Å². The molecule has 23 heavy (non-hydrogen) atoms. The number of hydrogen-bond acceptors (Lipinski definition) is 4. The molecule has 1 N–H and O–H groups in total. The van der Waals surface area contributed by atoms with Gasteiger partial charge < -0.3 is 14.1 Å². The predicted molar refractivity (Wildman–Crippen MR) is 95.5 cm³/mol. The molecule has 0 radical (unpaired) electrons. The Morgan fingerprint density at radius 2 is 1.96 bits per heavy atom. The molecule has 0 fully saturated rings. The van der Waals surface area contributed by atoms with Crippen LogP contribution in [-0.4, -0.2) is 43.7 Å². The van der Waals surface area contributed by atoms with Gasteiger partial charge in [-0.25, -0.2) is 4.79 Å². The standard InChI is InChI=1S/C18H25NO3S/c1-4-19(5-2)10-12-23-13-11-21-18(20)17-14(3)15-8-6-7-9-16(15)22-17/h6-9H,4-5,10-13H2,1-3H3/p+1. The summed E-state index contributed by atoms with van der Waals surface area (Å²) in [6.45, 7) is 10.2. The van der Waals surface area contributed by atoms with E-state index in [-0.39, 0.29) is 5.97 Å². The van der Waals surface area contributed by atoms with Crippen molar-refractivity contribution in [3.05, 3.63) is 35.6 Å². The maximum Gasteiger partial charge on any atom is 0.374 e. The van der Waals surface area contributed by atoms with Gasteiger partial charge in [0.2, 0.25) is 5.76 Å². The largest absolute Gasteiger partial charge is 0.459 e. The number of esters is 1. The number of carbonyl (C=O) groups excluding carboxylic acids is 1. The third-order valence-corrected chi connectivity index (χ3v) is 5.04. The number of para-hydroxylation sites is 1. The Balaban J connectivity index is 1.75. The van der Waals surface area contributed by atoms with Crippen LogP contribution in [0.5, 0.6) is 0 Å². The Bertz CT molecular complexity index is 634. The fourth-order valence-electron chi connectivity index (χ4n) is 2.55. The number of nitrogens with one attached hydrogen (secondary N) is 1. The second kappa shape index (κ2) is 8.99. The molecule has 2 aromatic rings. The summed E-state index contributed by atoms with van der Waals surface area (Å²) in [6.07, 6.45) is 0. The van der Waals surface area contributed by atoms with Gasteiger partial charge in [0, 0.05) is 22.5 Å². The number of rotatable bonds is 9. The van der Waals surface area contributed by atoms with Gasteiger partial charge in [-0.05, 0) is 26.8 Å². The first-order valence-corrected chi connectivity index (χ1v) is 9.39. The van der Waals surface area contributed by atoms with E-state index in [0.717, 1.165) is 47.7 Å². The number of quaternary nitrogens is 1. The molecule has 0 bridgehead atoms. The topological polar surface area (TPSA) is 43.9 Å². The van der Waals surface area contributed by atoms with Gasteiger partial charge in [0.25, 0.3) is 0 Å². The molecule has 0 saturated heterocycles. The molecule has 0 aliphatic carbocycles. The number of ether oxygens (including phenoxy) is 1. The van der Waals surface area contributed by atoms with Gasteiger partial charge in [-0.2, -0.15) is 11.8 Å². The zero-order valence-electron chi connectivity index (χ0n) is 14.2. The molecule has 0 amide bonds. The highest BCUT2D eigenvalue weighted by atomic mass is 32.2. The quantitative estimate of drug-likeness (QED) is 0.565. The monoisotopic (exact) mass is 336 g/mol. The maximum absolute atomic E-state index is 12.1. The van der Waals surface area contributed by atoms with Gasteiger partial charge in [0.05, 0.1) is 19.6 Å². The Kier molecular flexibility index (Phi) is 6.99. The van der Waals surface area contributed by atoms with E-state index in [9.17, 15) is 4.79 Å². The van der Waals surface area contributed by atoms with Crippen molar-refractivity contribution in [2.75, 3.05) is 37.7 Å². The minimum atomic E-state index is -0.367. The molecule has 1 aromatic heterocycles. The summed E-state index contributed by atoms with van der Waals surface area (Å²) in [5.74, 6) is 1.88. The number of carbonyl (C=O) groups is 1. The molecule has 0 saturated carbocycles. The van der Waals surface area contributed by atoms with Crippen LogP contribution in [-0.2, 0) is 4.74 Å². The van der Waals surface area contributed by atoms with Gasteiger partial charge in [-0.15, -0.1) is 0 Å². The fourth-order valence-corrected chi connectivity index (χ4v) is 3.39. The molecule has 0 atom stereocenters. The lowest BCUT2D eigenvalue weighted by molar-refractivity contribution is -0.893. The van der Waals surface area contributed by atoms with Crippen molar-refractivity contribution >= 4 is 28.7 Å². The highest BCUT2D eigenvalue weighted by Crippen LogP contribution is 2.25. The fraction of sp³-hybridized carbons (Fsp3) is 0.500. The van der Waals surface area contributed by atoms with Gasteiger partial charge >= 0.3 is 5.97 Å². The number of benzene rings is 1. The first-order chi connectivity index (χ1) is 11.2. The predicted octanol–water partition coefficient (Wildman–Crippen LogP) is 2.56. The van der Waals surface area contributed by atoms with Crippen LogP contribution in [0.3, 0.4) is 0 Å². The van der Waals surface area contributed by atoms with Crippen LogP contribution in [0.2, 0.25) is 0 Å². The van der Waals surface area contributed by atoms with Crippen molar-refractivity contribution in [2.45, 2.75) is 20.8 Å². The summed E-state index contributed by atoms with van der Waals surface area (Å²) in [7, 11) is 0. The van der Waals surface area contributed by atoms with Crippen LogP contribution in [0, 0.1) is 6.92 Å². The maximum atomic E-state index is 12.1. The normalized spacial score (nSPS) is 11.3. The number of fused-ring (bicyclic) bond motifs is 1. The summed E-state index contributed by atoms with van der Waals surface area (Å²) in [4.78, 5) is 13.7. The molecular formula is C18H26NO3S+. The summed E-state index contributed by atoms with van der Waals surface area (Å²) in [5.41, 5.74) is 1.58. The molecule has 4 nitrogen and oxygen atoms in total. The van der Waals surface area contributed by atoms with Crippen LogP contribution in [0.15, 0.2) is 28.7 Å². The lowest BCUT2D eigenvalue weighted by atomic mass is 10.1.